The highest BCUT2D eigenvalue weighted by atomic mass is 16.5. The molecule has 6 nitrogen and oxygen atoms in total. The summed E-state index contributed by atoms with van der Waals surface area (Å²) in [7, 11) is 0. The molecule has 1 aromatic heterocycles. The lowest BCUT2D eigenvalue weighted by Gasteiger charge is -2.13. The molecule has 3 rings (SSSR count). The molecule has 1 aliphatic rings. The van der Waals surface area contributed by atoms with E-state index in [2.05, 4.69) is 29.5 Å². The molecule has 0 spiro atoms. The van der Waals surface area contributed by atoms with Gasteiger partial charge in [-0.05, 0) is 62.4 Å². The second-order valence-corrected chi connectivity index (χ2v) is 6.90. The minimum absolute atomic E-state index is 0.0770. The van der Waals surface area contributed by atoms with Gasteiger partial charge in [0.15, 0.2) is 0 Å². The van der Waals surface area contributed by atoms with Gasteiger partial charge in [-0.1, -0.05) is 6.07 Å². The molecule has 0 saturated carbocycles. The maximum atomic E-state index is 12.2. The highest BCUT2D eigenvalue weighted by Gasteiger charge is 2.17. The first kappa shape index (κ1) is 18.3. The van der Waals surface area contributed by atoms with Gasteiger partial charge in [0.2, 0.25) is 5.91 Å². The number of hydrogen-bond acceptors (Lipinski definition) is 4. The van der Waals surface area contributed by atoms with E-state index < -0.39 is 0 Å². The summed E-state index contributed by atoms with van der Waals surface area (Å²) in [5.74, 6) is -0.232. The largest absolute Gasteiger partial charge is 0.376 e. The number of benzene rings is 1. The van der Waals surface area contributed by atoms with Gasteiger partial charge in [0.1, 0.15) is 6.54 Å². The Hall–Kier alpha value is -2.47. The maximum absolute atomic E-state index is 12.2. The van der Waals surface area contributed by atoms with E-state index in [4.69, 9.17) is 4.74 Å². The number of aromatic nitrogens is 2. The van der Waals surface area contributed by atoms with E-state index in [1.165, 1.54) is 21.9 Å². The second kappa shape index (κ2) is 7.83. The van der Waals surface area contributed by atoms with Crippen LogP contribution in [0.1, 0.15) is 29.5 Å². The molecule has 26 heavy (non-hydrogen) atoms. The Morgan fingerprint density at radius 1 is 1.23 bits per heavy atom. The summed E-state index contributed by atoms with van der Waals surface area (Å²) in [6, 6.07) is 7.35. The quantitative estimate of drug-likeness (QED) is 0.892. The van der Waals surface area contributed by atoms with Crippen LogP contribution in [0.15, 0.2) is 29.1 Å². The van der Waals surface area contributed by atoms with E-state index in [1.807, 2.05) is 13.8 Å². The fourth-order valence-corrected chi connectivity index (χ4v) is 3.17. The summed E-state index contributed by atoms with van der Waals surface area (Å²) in [5.41, 5.74) is 4.85. The number of rotatable bonds is 5. The topological polar surface area (TPSA) is 73.2 Å². The highest BCUT2D eigenvalue weighted by molar-refractivity contribution is 5.75. The third-order valence-corrected chi connectivity index (χ3v) is 4.83. The van der Waals surface area contributed by atoms with Crippen molar-refractivity contribution >= 4 is 5.91 Å². The molecule has 138 valence electrons. The maximum Gasteiger partial charge on any atom is 0.267 e. The van der Waals surface area contributed by atoms with Crippen LogP contribution in [0.2, 0.25) is 0 Å². The van der Waals surface area contributed by atoms with Gasteiger partial charge in [-0.3, -0.25) is 9.59 Å². The molecule has 1 atom stereocenters. The molecule has 0 aliphatic carbocycles. The van der Waals surface area contributed by atoms with Gasteiger partial charge < -0.3 is 10.1 Å². The van der Waals surface area contributed by atoms with Gasteiger partial charge >= 0.3 is 0 Å². The van der Waals surface area contributed by atoms with Gasteiger partial charge in [0, 0.05) is 24.8 Å². The number of amides is 1. The van der Waals surface area contributed by atoms with Crippen LogP contribution in [0.5, 0.6) is 0 Å². The van der Waals surface area contributed by atoms with Crippen LogP contribution in [0.25, 0.3) is 11.3 Å². The van der Waals surface area contributed by atoms with E-state index in [9.17, 15) is 9.59 Å². The van der Waals surface area contributed by atoms with Crippen molar-refractivity contribution in [2.45, 2.75) is 46.3 Å². The molecular formula is C20H25N3O3. The third kappa shape index (κ3) is 4.19. The van der Waals surface area contributed by atoms with E-state index in [1.54, 1.807) is 6.07 Å². The lowest BCUT2D eigenvalue weighted by molar-refractivity contribution is -0.122. The van der Waals surface area contributed by atoms with Crippen LogP contribution in [0.4, 0.5) is 0 Å². The fourth-order valence-electron chi connectivity index (χ4n) is 3.17. The van der Waals surface area contributed by atoms with E-state index in [0.717, 1.165) is 30.6 Å². The molecule has 1 aliphatic heterocycles. The zero-order chi connectivity index (χ0) is 18.7. The molecule has 1 saturated heterocycles. The average molecular weight is 355 g/mol. The van der Waals surface area contributed by atoms with Gasteiger partial charge in [-0.15, -0.1) is 0 Å². The molecule has 1 N–H and O–H groups in total. The van der Waals surface area contributed by atoms with Crippen molar-refractivity contribution in [2.75, 3.05) is 13.2 Å². The molecule has 0 bridgehead atoms. The first-order valence-electron chi connectivity index (χ1n) is 8.99. The summed E-state index contributed by atoms with van der Waals surface area (Å²) >= 11 is 0. The van der Waals surface area contributed by atoms with Crippen LogP contribution in [0.3, 0.4) is 0 Å². The average Bonchev–Trinajstić information content (AvgIpc) is 3.12. The number of ether oxygens (including phenoxy) is 1. The SMILES string of the molecule is Cc1cc(C)c(-c2ccc(=O)n(CC(=O)NCC3CCCO3)n2)cc1C. The predicted octanol–water partition coefficient (Wildman–Crippen LogP) is 2.13. The Morgan fingerprint density at radius 3 is 2.73 bits per heavy atom. The van der Waals surface area contributed by atoms with E-state index in [0.29, 0.717) is 12.2 Å². The first-order chi connectivity index (χ1) is 12.4. The Morgan fingerprint density at radius 2 is 2.00 bits per heavy atom. The zero-order valence-corrected chi connectivity index (χ0v) is 15.5. The smallest absolute Gasteiger partial charge is 0.267 e. The van der Waals surface area contributed by atoms with Crippen molar-refractivity contribution in [2.24, 2.45) is 0 Å². The Labute approximate surface area is 153 Å². The predicted molar refractivity (Wildman–Crippen MR) is 100 cm³/mol. The number of aryl methyl sites for hydroxylation is 3. The molecule has 1 unspecified atom stereocenters. The molecule has 1 fully saturated rings. The third-order valence-electron chi connectivity index (χ3n) is 4.83. The number of nitrogens with zero attached hydrogens (tertiary/aromatic N) is 2. The summed E-state index contributed by atoms with van der Waals surface area (Å²) in [5, 5.41) is 7.23. The summed E-state index contributed by atoms with van der Waals surface area (Å²) in [6.45, 7) is 7.27. The number of hydrogen-bond donors (Lipinski definition) is 1. The van der Waals surface area contributed by atoms with E-state index in [-0.39, 0.29) is 24.1 Å². The Kier molecular flexibility index (Phi) is 5.52. The lowest BCUT2D eigenvalue weighted by atomic mass is 9.99. The number of carbonyl (C=O) groups excluding carboxylic acids is 1. The first-order valence-corrected chi connectivity index (χ1v) is 8.99. The van der Waals surface area contributed by atoms with Crippen LogP contribution in [-0.4, -0.2) is 34.9 Å². The number of nitrogens with one attached hydrogen (secondary N) is 1. The summed E-state index contributed by atoms with van der Waals surface area (Å²) < 4.78 is 6.71. The Balaban J connectivity index is 1.76. The Bertz CT molecular complexity index is 867. The fraction of sp³-hybridized carbons (Fsp3) is 0.450. The zero-order valence-electron chi connectivity index (χ0n) is 15.5. The van der Waals surface area contributed by atoms with Crippen molar-refractivity contribution in [3.8, 4) is 11.3 Å². The molecular weight excluding hydrogens is 330 g/mol. The minimum atomic E-state index is -0.289. The standard InChI is InChI=1S/C20H25N3O3/c1-13-9-15(3)17(10-14(13)2)18-6-7-20(25)23(22-18)12-19(24)21-11-16-5-4-8-26-16/h6-7,9-10,16H,4-5,8,11-12H2,1-3H3,(H,21,24). The highest BCUT2D eigenvalue weighted by Crippen LogP contribution is 2.24. The van der Waals surface area contributed by atoms with Gasteiger partial charge in [0.25, 0.3) is 5.56 Å². The monoisotopic (exact) mass is 355 g/mol. The second-order valence-electron chi connectivity index (χ2n) is 6.90. The van der Waals surface area contributed by atoms with Crippen molar-refractivity contribution in [1.82, 2.24) is 15.1 Å². The summed E-state index contributed by atoms with van der Waals surface area (Å²) in [4.78, 5) is 24.3. The molecule has 6 heteroatoms. The normalized spacial score (nSPS) is 16.7. The van der Waals surface area contributed by atoms with Crippen molar-refractivity contribution in [3.05, 3.63) is 51.3 Å². The number of carbonyl (C=O) groups is 1. The van der Waals surface area contributed by atoms with Gasteiger partial charge in [0.05, 0.1) is 11.8 Å². The molecule has 1 amide bonds. The van der Waals surface area contributed by atoms with Crippen LogP contribution < -0.4 is 10.9 Å². The van der Waals surface area contributed by atoms with Crippen molar-refractivity contribution in [3.63, 3.8) is 0 Å². The van der Waals surface area contributed by atoms with Crippen LogP contribution in [0, 0.1) is 20.8 Å². The van der Waals surface area contributed by atoms with Gasteiger partial charge in [-0.2, -0.15) is 5.10 Å². The van der Waals surface area contributed by atoms with E-state index >= 15 is 0 Å². The molecule has 0 radical (unpaired) electrons. The van der Waals surface area contributed by atoms with Crippen molar-refractivity contribution in [1.29, 1.82) is 0 Å². The van der Waals surface area contributed by atoms with Crippen molar-refractivity contribution < 1.29 is 9.53 Å². The van der Waals surface area contributed by atoms with Crippen LogP contribution in [-0.2, 0) is 16.1 Å². The van der Waals surface area contributed by atoms with Crippen LogP contribution >= 0.6 is 0 Å². The molecule has 2 aromatic rings. The molecule has 1 aromatic carbocycles. The van der Waals surface area contributed by atoms with Gasteiger partial charge in [-0.25, -0.2) is 4.68 Å². The minimum Gasteiger partial charge on any atom is -0.376 e. The summed E-state index contributed by atoms with van der Waals surface area (Å²) in [6.07, 6.45) is 2.06. The lowest BCUT2D eigenvalue weighted by Crippen LogP contribution is -2.37. The molecule has 2 heterocycles.